The summed E-state index contributed by atoms with van der Waals surface area (Å²) in [6, 6.07) is 7.50. The zero-order chi connectivity index (χ0) is 11.8. The van der Waals surface area contributed by atoms with Crippen molar-refractivity contribution in [2.75, 3.05) is 24.7 Å². The minimum Gasteiger partial charge on any atom is -0.481 e. The summed E-state index contributed by atoms with van der Waals surface area (Å²) >= 11 is 1.70. The van der Waals surface area contributed by atoms with Gasteiger partial charge >= 0.3 is 0 Å². The molecule has 0 atom stereocenters. The molecule has 2 nitrogen and oxygen atoms in total. The maximum atomic E-state index is 5.47. The zero-order valence-corrected chi connectivity index (χ0v) is 10.2. The molecule has 0 amide bonds. The van der Waals surface area contributed by atoms with Gasteiger partial charge in [-0.3, -0.25) is 0 Å². The maximum Gasteiger partial charge on any atom is 0.149 e. The van der Waals surface area contributed by atoms with E-state index in [1.165, 1.54) is 0 Å². The van der Waals surface area contributed by atoms with Crippen molar-refractivity contribution in [3.63, 3.8) is 0 Å². The molecule has 2 bridgehead atoms. The van der Waals surface area contributed by atoms with Gasteiger partial charge in [-0.1, -0.05) is 23.7 Å². The average Bonchev–Trinajstić information content (AvgIpc) is 2.38. The van der Waals surface area contributed by atoms with E-state index < -0.39 is 0 Å². The van der Waals surface area contributed by atoms with E-state index >= 15 is 0 Å². The van der Waals surface area contributed by atoms with Gasteiger partial charge < -0.3 is 9.47 Å². The quantitative estimate of drug-likeness (QED) is 0.652. The van der Waals surface area contributed by atoms with E-state index in [0.29, 0.717) is 13.2 Å². The van der Waals surface area contributed by atoms with Crippen LogP contribution in [-0.4, -0.2) is 24.7 Å². The van der Waals surface area contributed by atoms with Crippen molar-refractivity contribution in [3.8, 4) is 35.2 Å². The highest BCUT2D eigenvalue weighted by Crippen LogP contribution is 2.17. The highest BCUT2D eigenvalue weighted by molar-refractivity contribution is 7.99. The van der Waals surface area contributed by atoms with Crippen LogP contribution in [0, 0.1) is 23.7 Å². The molecule has 1 aromatic rings. The second kappa shape index (κ2) is 6.78. The topological polar surface area (TPSA) is 18.5 Å². The van der Waals surface area contributed by atoms with E-state index in [2.05, 4.69) is 23.7 Å². The Morgan fingerprint density at radius 3 is 1.71 bits per heavy atom. The second-order valence-electron chi connectivity index (χ2n) is 3.25. The summed E-state index contributed by atoms with van der Waals surface area (Å²) in [5, 5.41) is 0. The third-order valence-electron chi connectivity index (χ3n) is 2.04. The van der Waals surface area contributed by atoms with Crippen molar-refractivity contribution in [2.45, 2.75) is 0 Å². The summed E-state index contributed by atoms with van der Waals surface area (Å²) in [5.41, 5.74) is 0. The van der Waals surface area contributed by atoms with Gasteiger partial charge in [-0.2, -0.15) is 0 Å². The van der Waals surface area contributed by atoms with Crippen molar-refractivity contribution < 1.29 is 9.47 Å². The molecule has 17 heavy (non-hydrogen) atoms. The summed E-state index contributed by atoms with van der Waals surface area (Å²) in [7, 11) is 0. The van der Waals surface area contributed by atoms with Crippen LogP contribution in [0.1, 0.15) is 0 Å². The fourth-order valence-electron chi connectivity index (χ4n) is 1.23. The standard InChI is InChI=1S/C14H12O2S/c1-3-11-17-12-4-2-10-16-14-7-5-13(6-8-14)15-9-1/h5-8H,9-12H2. The van der Waals surface area contributed by atoms with E-state index in [9.17, 15) is 0 Å². The molecule has 0 N–H and O–H groups in total. The lowest BCUT2D eigenvalue weighted by atomic mass is 10.3. The zero-order valence-electron chi connectivity index (χ0n) is 9.36. The molecule has 86 valence electrons. The normalized spacial score (nSPS) is 14.8. The second-order valence-corrected chi connectivity index (χ2v) is 4.23. The van der Waals surface area contributed by atoms with Gasteiger partial charge in [0.25, 0.3) is 0 Å². The molecule has 0 saturated carbocycles. The molecule has 2 aliphatic heterocycles. The van der Waals surface area contributed by atoms with Gasteiger partial charge in [0.2, 0.25) is 0 Å². The Labute approximate surface area is 106 Å². The Kier molecular flexibility index (Phi) is 4.69. The van der Waals surface area contributed by atoms with Gasteiger partial charge in [0.05, 0.1) is 11.5 Å². The minimum atomic E-state index is 0.423. The molecule has 0 aliphatic carbocycles. The maximum absolute atomic E-state index is 5.47. The van der Waals surface area contributed by atoms with Gasteiger partial charge in [-0.25, -0.2) is 0 Å². The largest absolute Gasteiger partial charge is 0.481 e. The van der Waals surface area contributed by atoms with Crippen molar-refractivity contribution in [2.24, 2.45) is 0 Å². The Hall–Kier alpha value is -1.71. The monoisotopic (exact) mass is 244 g/mol. The first-order valence-electron chi connectivity index (χ1n) is 5.30. The van der Waals surface area contributed by atoms with Crippen LogP contribution in [0.2, 0.25) is 0 Å². The van der Waals surface area contributed by atoms with Gasteiger partial charge in [0, 0.05) is 0 Å². The van der Waals surface area contributed by atoms with Crippen LogP contribution in [0.3, 0.4) is 0 Å². The van der Waals surface area contributed by atoms with Crippen molar-refractivity contribution in [1.82, 2.24) is 0 Å². The van der Waals surface area contributed by atoms with Crippen LogP contribution < -0.4 is 9.47 Å². The van der Waals surface area contributed by atoms with Gasteiger partial charge in [0.1, 0.15) is 24.7 Å². The van der Waals surface area contributed by atoms with Crippen molar-refractivity contribution >= 4 is 11.8 Å². The van der Waals surface area contributed by atoms with Gasteiger partial charge in [-0.05, 0) is 24.3 Å². The number of ether oxygens (including phenoxy) is 2. The smallest absolute Gasteiger partial charge is 0.149 e. The Bertz CT molecular complexity index is 426. The first-order chi connectivity index (χ1) is 8.45. The molecule has 0 fully saturated rings. The predicted octanol–water partition coefficient (Wildman–Crippen LogP) is 2.20. The number of benzene rings is 1. The Morgan fingerprint density at radius 2 is 1.24 bits per heavy atom. The molecule has 2 heterocycles. The summed E-state index contributed by atoms with van der Waals surface area (Å²) in [4.78, 5) is 0. The number of fused-ring (bicyclic) bond motifs is 10. The number of rotatable bonds is 0. The molecular formula is C14H12O2S. The van der Waals surface area contributed by atoms with Crippen LogP contribution in [0.15, 0.2) is 24.3 Å². The molecule has 3 rings (SSSR count). The Morgan fingerprint density at radius 1 is 0.765 bits per heavy atom. The fraction of sp³-hybridized carbons (Fsp3) is 0.286. The summed E-state index contributed by atoms with van der Waals surface area (Å²) in [6.45, 7) is 0.846. The molecule has 0 aromatic heterocycles. The van der Waals surface area contributed by atoms with Crippen LogP contribution in [0.25, 0.3) is 0 Å². The van der Waals surface area contributed by atoms with Crippen LogP contribution in [-0.2, 0) is 0 Å². The van der Waals surface area contributed by atoms with Crippen molar-refractivity contribution in [3.05, 3.63) is 24.3 Å². The summed E-state index contributed by atoms with van der Waals surface area (Å²) in [5.74, 6) is 15.2. The molecule has 0 radical (unpaired) electrons. The van der Waals surface area contributed by atoms with Gasteiger partial charge in [0.15, 0.2) is 0 Å². The molecule has 2 aliphatic rings. The van der Waals surface area contributed by atoms with Crippen LogP contribution in [0.4, 0.5) is 0 Å². The first kappa shape index (κ1) is 11.8. The first-order valence-corrected chi connectivity index (χ1v) is 6.45. The van der Waals surface area contributed by atoms with Crippen LogP contribution in [0.5, 0.6) is 11.5 Å². The van der Waals surface area contributed by atoms with E-state index in [1.807, 2.05) is 24.3 Å². The van der Waals surface area contributed by atoms with E-state index in [0.717, 1.165) is 23.0 Å². The molecule has 3 heteroatoms. The number of hydrogen-bond donors (Lipinski definition) is 0. The Balaban J connectivity index is 2.05. The van der Waals surface area contributed by atoms with E-state index in [4.69, 9.17) is 9.47 Å². The fourth-order valence-corrected chi connectivity index (χ4v) is 1.74. The lowest BCUT2D eigenvalue weighted by molar-refractivity contribution is 0.359. The number of hydrogen-bond acceptors (Lipinski definition) is 3. The predicted molar refractivity (Wildman–Crippen MR) is 70.3 cm³/mol. The molecule has 0 saturated heterocycles. The third kappa shape index (κ3) is 4.34. The highest BCUT2D eigenvalue weighted by atomic mass is 32.2. The lowest BCUT2D eigenvalue weighted by Crippen LogP contribution is -1.95. The molecular weight excluding hydrogens is 232 g/mol. The lowest BCUT2D eigenvalue weighted by Gasteiger charge is -2.04. The van der Waals surface area contributed by atoms with Crippen LogP contribution >= 0.6 is 11.8 Å². The van der Waals surface area contributed by atoms with E-state index in [-0.39, 0.29) is 0 Å². The molecule has 1 aromatic carbocycles. The van der Waals surface area contributed by atoms with Gasteiger partial charge in [-0.15, -0.1) is 11.8 Å². The highest BCUT2D eigenvalue weighted by Gasteiger charge is 1.95. The molecule has 0 unspecified atom stereocenters. The summed E-state index contributed by atoms with van der Waals surface area (Å²) in [6.07, 6.45) is 0. The SMILES string of the molecule is C1#CCSCC#CCOc2ccc(cc2)OC1. The summed E-state index contributed by atoms with van der Waals surface area (Å²) < 4.78 is 10.9. The minimum absolute atomic E-state index is 0.423. The number of thioether (sulfide) groups is 1. The molecule has 0 spiro atoms. The third-order valence-corrected chi connectivity index (χ3v) is 2.74. The van der Waals surface area contributed by atoms with Crippen molar-refractivity contribution in [1.29, 1.82) is 0 Å². The van der Waals surface area contributed by atoms with E-state index in [1.54, 1.807) is 11.8 Å². The average molecular weight is 244 g/mol.